The van der Waals surface area contributed by atoms with Crippen LogP contribution in [0.3, 0.4) is 0 Å². The molecule has 0 saturated carbocycles. The molecule has 0 aliphatic carbocycles. The molecule has 20 heteroatoms. The standard InChI is InChI=1S/C29H26N2O2.C28H24N2O4S.C28H24N2O2S.C21H26N2O2/c1-3-7-26(8-4-1)30-18-24-16-22(11-13-28(24)32-20-30)15-23-12-14-29-25(17-23)19-31(21-33-29)27-9-5-2-6-10-27;31-35(32,25-11-13-27-21(15-25)17-29(19-33-27)23-7-3-1-4-8-23)26-12-14-28-22(16-26)18-30(20-34-28)24-9-5-2-6-10-24;1-3-7-23(8-4-1)29-17-21-15-25(11-13-27(21)31-19-29)33-26-12-14-28-22(16-26)18-30(20-32-28)24-9-5-2-6-10-24;1-21(2,17-5-7-19-15(9-17)11-22(3)13-24-19)18-6-8-20-16(10-18)12-23(4)14-25-20/h1-14,16-17H,15,18-21H2;1-16H,17-20H2;1-16H,17-20H2;5-10H,11-14H2,1-4H3. The number of benzene rings is 14. The average molecular weight is 1710 g/mol. The van der Waals surface area contributed by atoms with Crippen molar-refractivity contribution in [2.45, 2.75) is 97.6 Å². The second-order valence-electron chi connectivity index (χ2n) is 33.4. The van der Waals surface area contributed by atoms with Crippen LogP contribution in [0.5, 0.6) is 46.0 Å². The van der Waals surface area contributed by atoms with Crippen LogP contribution in [0.25, 0.3) is 0 Å². The molecular formula is C106H100N8O10S2. The van der Waals surface area contributed by atoms with Gasteiger partial charge in [0.25, 0.3) is 0 Å². The molecule has 8 aliphatic rings. The summed E-state index contributed by atoms with van der Waals surface area (Å²) in [5.41, 5.74) is 21.1. The Morgan fingerprint density at radius 3 is 0.794 bits per heavy atom. The smallest absolute Gasteiger partial charge is 0.206 e. The third-order valence-corrected chi connectivity index (χ3v) is 26.8. The fraction of sp³-hybridized carbons (Fsp3) is 0.208. The number of para-hydroxylation sites is 6. The number of nitrogens with zero attached hydrogens (tertiary/aromatic N) is 8. The monoisotopic (exact) mass is 1710 g/mol. The number of rotatable bonds is 14. The predicted octanol–water partition coefficient (Wildman–Crippen LogP) is 21.3. The van der Waals surface area contributed by atoms with Gasteiger partial charge in [0.05, 0.1) is 9.79 Å². The molecule has 0 unspecified atom stereocenters. The Hall–Kier alpha value is -13.5. The van der Waals surface area contributed by atoms with Gasteiger partial charge in [-0.1, -0.05) is 159 Å². The topological polar surface area (TPSA) is 134 Å². The zero-order chi connectivity index (χ0) is 85.5. The molecule has 0 aromatic heterocycles. The molecule has 8 aliphatic heterocycles. The van der Waals surface area contributed by atoms with E-state index >= 15 is 0 Å². The first-order valence-corrected chi connectivity index (χ1v) is 45.1. The van der Waals surface area contributed by atoms with Crippen molar-refractivity contribution in [1.82, 2.24) is 9.80 Å². The fourth-order valence-electron chi connectivity index (χ4n) is 17.1. The Labute approximate surface area is 742 Å². The van der Waals surface area contributed by atoms with Crippen LogP contribution in [0.2, 0.25) is 0 Å². The Morgan fingerprint density at radius 1 is 0.262 bits per heavy atom. The van der Waals surface area contributed by atoms with E-state index in [0.29, 0.717) is 78.4 Å². The molecule has 0 spiro atoms. The highest BCUT2D eigenvalue weighted by molar-refractivity contribution is 7.99. The summed E-state index contributed by atoms with van der Waals surface area (Å²) in [5.74, 6) is 7.39. The van der Waals surface area contributed by atoms with Crippen molar-refractivity contribution < 1.29 is 46.3 Å². The SMILES string of the molecule is CN1COc2ccc(C(C)(C)c3ccc4c(c3)CN(C)CO4)cc2C1.O=S(=O)(c1ccc2c(c1)CN(c1ccccc1)CO2)c1ccc2c(c1)CN(c1ccccc1)CO2.c1ccc(N2COc3ccc(Cc4ccc5c(c4)CN(c4ccccc4)CO5)cc3C2)cc1.c1ccc(N2COc3ccc(Sc4ccc5c(c4)CN(c4ccccc4)CO5)cc3C2)cc1. The van der Waals surface area contributed by atoms with Crippen molar-refractivity contribution in [3.63, 3.8) is 0 Å². The highest BCUT2D eigenvalue weighted by atomic mass is 32.2. The molecule has 636 valence electrons. The number of sulfone groups is 1. The van der Waals surface area contributed by atoms with Gasteiger partial charge in [0, 0.05) is 146 Å². The number of fused-ring (bicyclic) bond motifs is 8. The minimum absolute atomic E-state index is 0.0733. The molecule has 0 fully saturated rings. The first-order valence-electron chi connectivity index (χ1n) is 42.8. The quantitative estimate of drug-likeness (QED) is 0.102. The van der Waals surface area contributed by atoms with Gasteiger partial charge in [0.1, 0.15) is 59.5 Å². The lowest BCUT2D eigenvalue weighted by Gasteiger charge is -2.32. The van der Waals surface area contributed by atoms with Gasteiger partial charge in [-0.3, -0.25) is 9.80 Å². The zero-order valence-electron chi connectivity index (χ0n) is 71.2. The molecule has 22 rings (SSSR count). The molecule has 0 amide bonds. The molecule has 0 radical (unpaired) electrons. The Morgan fingerprint density at radius 2 is 0.500 bits per heavy atom. The summed E-state index contributed by atoms with van der Waals surface area (Å²) in [5, 5.41) is 0. The largest absolute Gasteiger partial charge is 0.478 e. The first kappa shape index (κ1) is 82.1. The zero-order valence-corrected chi connectivity index (χ0v) is 72.8. The van der Waals surface area contributed by atoms with Crippen molar-refractivity contribution >= 4 is 55.7 Å². The second kappa shape index (κ2) is 36.7. The Kier molecular flexibility index (Phi) is 23.9. The minimum Gasteiger partial charge on any atom is -0.478 e. The van der Waals surface area contributed by atoms with Gasteiger partial charge in [-0.25, -0.2) is 8.42 Å². The summed E-state index contributed by atoms with van der Waals surface area (Å²) >= 11 is 1.78. The van der Waals surface area contributed by atoms with Crippen LogP contribution in [0.1, 0.15) is 80.6 Å². The maximum Gasteiger partial charge on any atom is 0.206 e. The molecule has 0 N–H and O–H groups in total. The molecule has 0 saturated heterocycles. The Bertz CT molecular complexity index is 5730. The molecule has 0 atom stereocenters. The van der Waals surface area contributed by atoms with Crippen LogP contribution in [0.15, 0.2) is 347 Å². The molecule has 14 aromatic carbocycles. The maximum absolute atomic E-state index is 13.6. The molecule has 126 heavy (non-hydrogen) atoms. The number of ether oxygens (including phenoxy) is 8. The van der Waals surface area contributed by atoms with Crippen LogP contribution in [0, 0.1) is 0 Å². The molecule has 14 aromatic rings. The van der Waals surface area contributed by atoms with E-state index < -0.39 is 9.84 Å². The van der Waals surface area contributed by atoms with Crippen molar-refractivity contribution in [2.24, 2.45) is 0 Å². The molecule has 8 heterocycles. The van der Waals surface area contributed by atoms with E-state index in [0.717, 1.165) is 103 Å². The summed E-state index contributed by atoms with van der Waals surface area (Å²) in [6.07, 6.45) is 0.886. The molecule has 18 nitrogen and oxygen atoms in total. The summed E-state index contributed by atoms with van der Waals surface area (Å²) in [4.78, 5) is 20.5. The number of hydrogen-bond acceptors (Lipinski definition) is 19. The molecule has 0 bridgehead atoms. The van der Waals surface area contributed by atoms with Gasteiger partial charge in [-0.05, 0) is 237 Å². The Balaban J connectivity index is 0.000000110. The van der Waals surface area contributed by atoms with E-state index in [2.05, 4.69) is 273 Å². The van der Waals surface area contributed by atoms with Gasteiger partial charge in [-0.15, -0.1) is 0 Å². The summed E-state index contributed by atoms with van der Waals surface area (Å²) in [6.45, 7) is 15.5. The average Bonchev–Trinajstić information content (AvgIpc) is 0.770. The lowest BCUT2D eigenvalue weighted by molar-refractivity contribution is 0.121. The van der Waals surface area contributed by atoms with Gasteiger partial charge < -0.3 is 67.3 Å². The van der Waals surface area contributed by atoms with E-state index in [1.54, 1.807) is 48.2 Å². The summed E-state index contributed by atoms with van der Waals surface area (Å²) in [6, 6.07) is 111. The van der Waals surface area contributed by atoms with Crippen LogP contribution in [-0.4, -0.2) is 86.2 Å². The summed E-state index contributed by atoms with van der Waals surface area (Å²) in [7, 11) is 0.450. The number of hydrogen-bond donors (Lipinski definition) is 0. The number of anilines is 6. The van der Waals surface area contributed by atoms with Crippen LogP contribution in [0.4, 0.5) is 34.1 Å². The van der Waals surface area contributed by atoms with E-state index in [-0.39, 0.29) is 15.2 Å². The van der Waals surface area contributed by atoms with Crippen molar-refractivity contribution in [2.75, 3.05) is 97.3 Å². The van der Waals surface area contributed by atoms with Crippen molar-refractivity contribution in [1.29, 1.82) is 0 Å². The van der Waals surface area contributed by atoms with E-state index in [1.807, 2.05) is 84.9 Å². The van der Waals surface area contributed by atoms with E-state index in [1.165, 1.54) is 88.2 Å². The van der Waals surface area contributed by atoms with Crippen LogP contribution < -0.4 is 67.3 Å². The third-order valence-electron chi connectivity index (χ3n) is 24.1. The maximum atomic E-state index is 13.6. The molecular weight excluding hydrogens is 1610 g/mol. The lowest BCUT2D eigenvalue weighted by Crippen LogP contribution is -2.32. The highest BCUT2D eigenvalue weighted by Crippen LogP contribution is 2.43. The predicted molar refractivity (Wildman–Crippen MR) is 499 cm³/mol. The second-order valence-corrected chi connectivity index (χ2v) is 36.5. The lowest BCUT2D eigenvalue weighted by atomic mass is 9.77. The third kappa shape index (κ3) is 18.7. The van der Waals surface area contributed by atoms with E-state index in [9.17, 15) is 8.42 Å². The fourth-order valence-corrected chi connectivity index (χ4v) is 19.5. The van der Waals surface area contributed by atoms with Gasteiger partial charge in [0.15, 0.2) is 40.4 Å². The van der Waals surface area contributed by atoms with Gasteiger partial charge in [-0.2, -0.15) is 0 Å². The van der Waals surface area contributed by atoms with Gasteiger partial charge in [0.2, 0.25) is 9.84 Å². The normalized spacial score (nSPS) is 15.4. The van der Waals surface area contributed by atoms with E-state index in [4.69, 9.17) is 37.9 Å². The van der Waals surface area contributed by atoms with Gasteiger partial charge >= 0.3 is 0 Å². The first-order chi connectivity index (χ1) is 61.6. The highest BCUT2D eigenvalue weighted by Gasteiger charge is 2.31. The van der Waals surface area contributed by atoms with Crippen molar-refractivity contribution in [3.05, 3.63) is 394 Å². The minimum atomic E-state index is -3.72. The van der Waals surface area contributed by atoms with Crippen molar-refractivity contribution in [3.8, 4) is 46.0 Å². The van der Waals surface area contributed by atoms with Crippen LogP contribution >= 0.6 is 11.8 Å². The van der Waals surface area contributed by atoms with Crippen LogP contribution in [-0.2, 0) is 74.0 Å². The summed E-state index contributed by atoms with van der Waals surface area (Å²) < 4.78 is 74.7.